The Morgan fingerprint density at radius 1 is 1.25 bits per heavy atom. The van der Waals surface area contributed by atoms with Crippen LogP contribution in [0.2, 0.25) is 5.02 Å². The van der Waals surface area contributed by atoms with Gasteiger partial charge in [0, 0.05) is 17.5 Å². The van der Waals surface area contributed by atoms with Crippen LogP contribution in [0.25, 0.3) is 10.6 Å². The molecule has 0 aliphatic carbocycles. The van der Waals surface area contributed by atoms with Crippen molar-refractivity contribution in [3.05, 3.63) is 29.3 Å². The zero-order valence-electron chi connectivity index (χ0n) is 13.7. The molecule has 0 radical (unpaired) electrons. The number of carbonyl (C=O) groups excluding carboxylic acids is 2. The van der Waals surface area contributed by atoms with Gasteiger partial charge in [-0.05, 0) is 18.1 Å². The van der Waals surface area contributed by atoms with Crippen LogP contribution in [-0.4, -0.2) is 28.1 Å². The van der Waals surface area contributed by atoms with E-state index >= 15 is 0 Å². The lowest BCUT2D eigenvalue weighted by molar-refractivity contribution is -0.126. The van der Waals surface area contributed by atoms with Crippen molar-refractivity contribution in [2.45, 2.75) is 33.2 Å². The highest BCUT2D eigenvalue weighted by Crippen LogP contribution is 2.27. The molecule has 2 amide bonds. The first kappa shape index (κ1) is 18.4. The third kappa shape index (κ3) is 4.75. The number of rotatable bonds is 6. The van der Waals surface area contributed by atoms with Crippen LogP contribution in [0, 0.1) is 5.92 Å². The number of hydrogen-bond donors (Lipinski definition) is 2. The smallest absolute Gasteiger partial charge is 0.249 e. The van der Waals surface area contributed by atoms with Crippen LogP contribution in [0.3, 0.4) is 0 Å². The fourth-order valence-electron chi connectivity index (χ4n) is 2.09. The van der Waals surface area contributed by atoms with E-state index in [0.29, 0.717) is 15.2 Å². The average molecular weight is 367 g/mol. The number of carbonyl (C=O) groups is 2. The molecule has 0 unspecified atom stereocenters. The number of halogens is 1. The number of benzene rings is 1. The second-order valence-electron chi connectivity index (χ2n) is 5.47. The summed E-state index contributed by atoms with van der Waals surface area (Å²) in [4.78, 5) is 23.8. The predicted molar refractivity (Wildman–Crippen MR) is 96.0 cm³/mol. The molecule has 6 nitrogen and oxygen atoms in total. The first-order valence-corrected chi connectivity index (χ1v) is 8.77. The van der Waals surface area contributed by atoms with Crippen molar-refractivity contribution >= 4 is 39.9 Å². The fourth-order valence-corrected chi connectivity index (χ4v) is 2.96. The maximum atomic E-state index is 12.4. The van der Waals surface area contributed by atoms with Crippen molar-refractivity contribution in [1.82, 2.24) is 15.5 Å². The summed E-state index contributed by atoms with van der Waals surface area (Å²) in [7, 11) is 0. The molecule has 1 heterocycles. The van der Waals surface area contributed by atoms with Crippen molar-refractivity contribution in [3.63, 3.8) is 0 Å². The second kappa shape index (κ2) is 8.21. The molecule has 2 atom stereocenters. The van der Waals surface area contributed by atoms with Crippen molar-refractivity contribution < 1.29 is 9.59 Å². The summed E-state index contributed by atoms with van der Waals surface area (Å²) in [6.45, 7) is 5.28. The van der Waals surface area contributed by atoms with Crippen molar-refractivity contribution in [2.75, 3.05) is 5.32 Å². The summed E-state index contributed by atoms with van der Waals surface area (Å²) in [5.41, 5.74) is 0.873. The van der Waals surface area contributed by atoms with Crippen LogP contribution in [0.15, 0.2) is 24.3 Å². The lowest BCUT2D eigenvalue weighted by Crippen LogP contribution is -2.46. The van der Waals surface area contributed by atoms with E-state index in [2.05, 4.69) is 20.8 Å². The minimum absolute atomic E-state index is 0.0116. The number of nitrogens with zero attached hydrogens (tertiary/aromatic N) is 2. The van der Waals surface area contributed by atoms with Crippen LogP contribution in [0.5, 0.6) is 0 Å². The molecule has 2 N–H and O–H groups in total. The van der Waals surface area contributed by atoms with E-state index in [1.807, 2.05) is 26.0 Å². The van der Waals surface area contributed by atoms with Crippen LogP contribution >= 0.6 is 22.9 Å². The lowest BCUT2D eigenvalue weighted by atomic mass is 9.98. The largest absolute Gasteiger partial charge is 0.344 e. The monoisotopic (exact) mass is 366 g/mol. The lowest BCUT2D eigenvalue weighted by Gasteiger charge is -2.22. The van der Waals surface area contributed by atoms with Crippen LogP contribution < -0.4 is 10.6 Å². The number of hydrogen-bond acceptors (Lipinski definition) is 5. The van der Waals surface area contributed by atoms with Gasteiger partial charge < -0.3 is 5.32 Å². The highest BCUT2D eigenvalue weighted by atomic mass is 35.5. The van der Waals surface area contributed by atoms with Gasteiger partial charge in [-0.2, -0.15) is 0 Å². The third-order valence-electron chi connectivity index (χ3n) is 3.60. The van der Waals surface area contributed by atoms with Crippen LogP contribution in [0.4, 0.5) is 5.13 Å². The Hall–Kier alpha value is -1.99. The molecule has 128 valence electrons. The van der Waals surface area contributed by atoms with E-state index in [9.17, 15) is 9.59 Å². The molecule has 2 aromatic rings. The average Bonchev–Trinajstić information content (AvgIpc) is 3.00. The predicted octanol–water partition coefficient (Wildman–Crippen LogP) is 3.35. The molecule has 0 bridgehead atoms. The summed E-state index contributed by atoms with van der Waals surface area (Å²) in [6.07, 6.45) is 0.768. The quantitative estimate of drug-likeness (QED) is 0.821. The zero-order chi connectivity index (χ0) is 17.7. The summed E-state index contributed by atoms with van der Waals surface area (Å²) < 4.78 is 0. The maximum absolute atomic E-state index is 12.4. The van der Waals surface area contributed by atoms with E-state index in [-0.39, 0.29) is 17.7 Å². The van der Waals surface area contributed by atoms with Gasteiger partial charge in [-0.1, -0.05) is 55.3 Å². The van der Waals surface area contributed by atoms with E-state index in [1.165, 1.54) is 18.3 Å². The third-order valence-corrected chi connectivity index (χ3v) is 4.74. The van der Waals surface area contributed by atoms with Gasteiger partial charge in [-0.3, -0.25) is 14.9 Å². The van der Waals surface area contributed by atoms with Crippen molar-refractivity contribution in [2.24, 2.45) is 5.92 Å². The first-order valence-electron chi connectivity index (χ1n) is 7.58. The Bertz CT molecular complexity index is 717. The Morgan fingerprint density at radius 3 is 2.50 bits per heavy atom. The second-order valence-corrected chi connectivity index (χ2v) is 6.89. The molecule has 1 aromatic carbocycles. The highest BCUT2D eigenvalue weighted by Gasteiger charge is 2.25. The molecule has 0 spiro atoms. The maximum Gasteiger partial charge on any atom is 0.249 e. The summed E-state index contributed by atoms with van der Waals surface area (Å²) >= 11 is 7.13. The van der Waals surface area contributed by atoms with Gasteiger partial charge in [0.2, 0.25) is 16.9 Å². The normalized spacial score (nSPS) is 13.2. The van der Waals surface area contributed by atoms with Crippen molar-refractivity contribution in [1.29, 1.82) is 0 Å². The molecule has 0 aliphatic heterocycles. The molecule has 0 saturated carbocycles. The molecular weight excluding hydrogens is 348 g/mol. The molecule has 8 heteroatoms. The number of amides is 2. The van der Waals surface area contributed by atoms with E-state index in [1.54, 1.807) is 12.1 Å². The Kier molecular flexibility index (Phi) is 6.28. The molecule has 0 fully saturated rings. The summed E-state index contributed by atoms with van der Waals surface area (Å²) in [6, 6.07) is 6.62. The molecule has 0 aliphatic rings. The number of aromatic nitrogens is 2. The summed E-state index contributed by atoms with van der Waals surface area (Å²) in [5.74, 6) is -0.523. The van der Waals surface area contributed by atoms with Gasteiger partial charge in [0.15, 0.2) is 0 Å². The fraction of sp³-hybridized carbons (Fsp3) is 0.375. The Morgan fingerprint density at radius 2 is 1.92 bits per heavy atom. The van der Waals surface area contributed by atoms with E-state index in [4.69, 9.17) is 11.6 Å². The van der Waals surface area contributed by atoms with Crippen LogP contribution in [0.1, 0.15) is 27.2 Å². The topological polar surface area (TPSA) is 84.0 Å². The molecule has 0 saturated heterocycles. The van der Waals surface area contributed by atoms with E-state index in [0.717, 1.165) is 12.0 Å². The zero-order valence-corrected chi connectivity index (χ0v) is 15.2. The molecule has 24 heavy (non-hydrogen) atoms. The minimum atomic E-state index is -0.601. The molecule has 1 aromatic heterocycles. The van der Waals surface area contributed by atoms with E-state index < -0.39 is 6.04 Å². The number of nitrogens with one attached hydrogen (secondary N) is 2. The standard InChI is InChI=1S/C16H19ClN4O2S/c1-4-9(2)13(18-10(3)22)14(23)19-16-21-20-15(24-16)11-5-7-12(17)8-6-11/h5-9,13H,4H2,1-3H3,(H,18,22)(H,19,21,23)/t9-,13+/m1/s1. The molecular formula is C16H19ClN4O2S. The van der Waals surface area contributed by atoms with Gasteiger partial charge in [-0.25, -0.2) is 0 Å². The van der Waals surface area contributed by atoms with Gasteiger partial charge >= 0.3 is 0 Å². The Labute approximate surface area is 149 Å². The Balaban J connectivity index is 2.11. The van der Waals surface area contributed by atoms with Crippen LogP contribution in [-0.2, 0) is 9.59 Å². The first-order chi connectivity index (χ1) is 11.4. The molecule has 2 rings (SSSR count). The number of anilines is 1. The minimum Gasteiger partial charge on any atom is -0.344 e. The highest BCUT2D eigenvalue weighted by molar-refractivity contribution is 7.18. The summed E-state index contributed by atoms with van der Waals surface area (Å²) in [5, 5.41) is 15.2. The van der Waals surface area contributed by atoms with Gasteiger partial charge in [0.1, 0.15) is 11.0 Å². The van der Waals surface area contributed by atoms with Crippen molar-refractivity contribution in [3.8, 4) is 10.6 Å². The van der Waals surface area contributed by atoms with Gasteiger partial charge in [0.05, 0.1) is 0 Å². The van der Waals surface area contributed by atoms with Gasteiger partial charge in [-0.15, -0.1) is 10.2 Å². The SMILES string of the molecule is CC[C@@H](C)[C@H](NC(C)=O)C(=O)Nc1nnc(-c2ccc(Cl)cc2)s1. The van der Waals surface area contributed by atoms with Gasteiger partial charge in [0.25, 0.3) is 0 Å².